The number of rotatable bonds is 4. The molecule has 1 saturated carbocycles. The lowest BCUT2D eigenvalue weighted by Crippen LogP contribution is -2.12. The number of aromatic amines is 1. The molecule has 1 aliphatic rings. The molecule has 0 aliphatic heterocycles. The molecule has 0 amide bonds. The zero-order valence-corrected chi connectivity index (χ0v) is 9.45. The van der Waals surface area contributed by atoms with Gasteiger partial charge in [-0.25, -0.2) is 0 Å². The fourth-order valence-electron chi connectivity index (χ4n) is 1.99. The van der Waals surface area contributed by atoms with Crippen LogP contribution in [-0.4, -0.2) is 35.8 Å². The highest BCUT2D eigenvalue weighted by Gasteiger charge is 2.15. The van der Waals surface area contributed by atoms with E-state index in [0.29, 0.717) is 0 Å². The maximum atomic E-state index is 4.04. The second-order valence-corrected chi connectivity index (χ2v) is 4.42. The smallest absolute Gasteiger partial charge is 0.225 e. The third-order valence-electron chi connectivity index (χ3n) is 2.93. The summed E-state index contributed by atoms with van der Waals surface area (Å²) in [6.45, 7) is 1.02. The van der Waals surface area contributed by atoms with Crippen molar-refractivity contribution in [3.05, 3.63) is 0 Å². The molecule has 5 heteroatoms. The highest BCUT2D eigenvalue weighted by Crippen LogP contribution is 2.24. The quantitative estimate of drug-likeness (QED) is 0.788. The molecule has 84 valence electrons. The van der Waals surface area contributed by atoms with Gasteiger partial charge < -0.3 is 10.2 Å². The molecule has 15 heavy (non-hydrogen) atoms. The van der Waals surface area contributed by atoms with Crippen LogP contribution in [0, 0.1) is 5.92 Å². The normalized spacial score (nSPS) is 16.9. The summed E-state index contributed by atoms with van der Waals surface area (Å²) in [6.07, 6.45) is 5.46. The molecule has 2 rings (SSSR count). The van der Waals surface area contributed by atoms with E-state index in [0.717, 1.165) is 24.4 Å². The Bertz CT molecular complexity index is 301. The van der Waals surface area contributed by atoms with Crippen molar-refractivity contribution in [1.29, 1.82) is 0 Å². The van der Waals surface area contributed by atoms with Gasteiger partial charge in [0, 0.05) is 20.6 Å². The van der Waals surface area contributed by atoms with Gasteiger partial charge in [0.15, 0.2) is 0 Å². The van der Waals surface area contributed by atoms with E-state index in [2.05, 4.69) is 20.5 Å². The van der Waals surface area contributed by atoms with E-state index >= 15 is 0 Å². The molecule has 0 bridgehead atoms. The molecule has 5 nitrogen and oxygen atoms in total. The third-order valence-corrected chi connectivity index (χ3v) is 2.93. The van der Waals surface area contributed by atoms with E-state index in [-0.39, 0.29) is 0 Å². The molecular formula is C10H19N5. The first kappa shape index (κ1) is 10.3. The zero-order valence-electron chi connectivity index (χ0n) is 9.45. The summed E-state index contributed by atoms with van der Waals surface area (Å²) in [5, 5.41) is 11.4. The zero-order chi connectivity index (χ0) is 10.7. The molecule has 0 unspecified atom stereocenters. The Hall–Kier alpha value is -1.26. The maximum Gasteiger partial charge on any atom is 0.225 e. The number of anilines is 2. The lowest BCUT2D eigenvalue weighted by atomic mass is 10.1. The van der Waals surface area contributed by atoms with Gasteiger partial charge in [-0.3, -0.25) is 4.98 Å². The molecular weight excluding hydrogens is 190 g/mol. The largest absolute Gasteiger partial charge is 0.354 e. The average Bonchev–Trinajstić information content (AvgIpc) is 2.86. The van der Waals surface area contributed by atoms with Gasteiger partial charge in [0.05, 0.1) is 0 Å². The van der Waals surface area contributed by atoms with Crippen molar-refractivity contribution in [2.24, 2.45) is 5.92 Å². The molecule has 0 aromatic carbocycles. The van der Waals surface area contributed by atoms with Gasteiger partial charge in [-0.15, -0.1) is 10.2 Å². The van der Waals surface area contributed by atoms with Crippen molar-refractivity contribution in [3.8, 4) is 0 Å². The van der Waals surface area contributed by atoms with Crippen LogP contribution in [0.5, 0.6) is 0 Å². The van der Waals surface area contributed by atoms with E-state index in [1.165, 1.54) is 25.7 Å². The summed E-state index contributed by atoms with van der Waals surface area (Å²) >= 11 is 0. The molecule has 1 fully saturated rings. The van der Waals surface area contributed by atoms with Crippen molar-refractivity contribution >= 4 is 11.9 Å². The van der Waals surface area contributed by atoms with Crippen LogP contribution in [-0.2, 0) is 0 Å². The van der Waals surface area contributed by atoms with E-state index in [1.807, 2.05) is 19.0 Å². The molecule has 0 atom stereocenters. The summed E-state index contributed by atoms with van der Waals surface area (Å²) in [7, 11) is 3.89. The second-order valence-electron chi connectivity index (χ2n) is 4.42. The molecule has 0 spiro atoms. The predicted molar refractivity (Wildman–Crippen MR) is 61.2 cm³/mol. The Morgan fingerprint density at radius 2 is 2.07 bits per heavy atom. The summed E-state index contributed by atoms with van der Waals surface area (Å²) in [6, 6.07) is 0. The average molecular weight is 209 g/mol. The topological polar surface area (TPSA) is 56.8 Å². The van der Waals surface area contributed by atoms with E-state index in [1.54, 1.807) is 0 Å². The first-order valence-electron chi connectivity index (χ1n) is 5.59. The molecule has 0 saturated heterocycles. The predicted octanol–water partition coefficient (Wildman–Crippen LogP) is 1.47. The number of hydrogen-bond donors (Lipinski definition) is 2. The minimum atomic E-state index is 0.783. The summed E-state index contributed by atoms with van der Waals surface area (Å²) in [5.41, 5.74) is 0. The Labute approximate surface area is 90.3 Å². The Morgan fingerprint density at radius 1 is 1.33 bits per heavy atom. The van der Waals surface area contributed by atoms with Crippen molar-refractivity contribution in [1.82, 2.24) is 15.2 Å². The van der Waals surface area contributed by atoms with Crippen molar-refractivity contribution < 1.29 is 0 Å². The molecule has 1 aromatic rings. The second kappa shape index (κ2) is 4.51. The standard InChI is InChI=1S/C10H19N5/c1-15(2)10-12-9(13-14-10)11-7-8-5-3-4-6-8/h8H,3-7H2,1-2H3,(H2,11,12,13,14). The number of nitrogens with zero attached hydrogens (tertiary/aromatic N) is 3. The van der Waals surface area contributed by atoms with E-state index in [4.69, 9.17) is 0 Å². The van der Waals surface area contributed by atoms with Crippen LogP contribution in [0.4, 0.5) is 11.9 Å². The van der Waals surface area contributed by atoms with Crippen LogP contribution in [0.15, 0.2) is 0 Å². The molecule has 2 N–H and O–H groups in total. The van der Waals surface area contributed by atoms with Gasteiger partial charge in [-0.2, -0.15) is 0 Å². The monoisotopic (exact) mass is 209 g/mol. The van der Waals surface area contributed by atoms with Gasteiger partial charge >= 0.3 is 0 Å². The lowest BCUT2D eigenvalue weighted by molar-refractivity contribution is 0.578. The molecule has 1 aromatic heterocycles. The molecule has 1 aliphatic carbocycles. The van der Waals surface area contributed by atoms with E-state index in [9.17, 15) is 0 Å². The maximum absolute atomic E-state index is 4.04. The minimum Gasteiger partial charge on any atom is -0.354 e. The first-order valence-corrected chi connectivity index (χ1v) is 5.59. The lowest BCUT2D eigenvalue weighted by Gasteiger charge is -2.09. The van der Waals surface area contributed by atoms with Crippen LogP contribution in [0.3, 0.4) is 0 Å². The molecule has 0 radical (unpaired) electrons. The van der Waals surface area contributed by atoms with Crippen LogP contribution >= 0.6 is 0 Å². The summed E-state index contributed by atoms with van der Waals surface area (Å²) in [4.78, 5) is 5.04. The summed E-state index contributed by atoms with van der Waals surface area (Å²) < 4.78 is 0. The van der Waals surface area contributed by atoms with Gasteiger partial charge in [0.25, 0.3) is 0 Å². The third kappa shape index (κ3) is 2.61. The number of hydrogen-bond acceptors (Lipinski definition) is 4. The van der Waals surface area contributed by atoms with Crippen molar-refractivity contribution in [2.45, 2.75) is 25.7 Å². The first-order chi connectivity index (χ1) is 7.25. The van der Waals surface area contributed by atoms with Crippen LogP contribution in [0.2, 0.25) is 0 Å². The van der Waals surface area contributed by atoms with Crippen molar-refractivity contribution in [2.75, 3.05) is 30.9 Å². The highest BCUT2D eigenvalue weighted by atomic mass is 15.4. The van der Waals surface area contributed by atoms with Gasteiger partial charge in [-0.05, 0) is 18.8 Å². The van der Waals surface area contributed by atoms with Gasteiger partial charge in [-0.1, -0.05) is 12.8 Å². The Morgan fingerprint density at radius 3 is 2.67 bits per heavy atom. The number of nitrogens with one attached hydrogen (secondary N) is 2. The Kier molecular flexibility index (Phi) is 3.08. The molecule has 1 heterocycles. The minimum absolute atomic E-state index is 0.783. The fraction of sp³-hybridized carbons (Fsp3) is 0.800. The number of H-pyrrole nitrogens is 1. The van der Waals surface area contributed by atoms with Crippen molar-refractivity contribution in [3.63, 3.8) is 0 Å². The van der Waals surface area contributed by atoms with E-state index < -0.39 is 0 Å². The fourth-order valence-corrected chi connectivity index (χ4v) is 1.99. The van der Waals surface area contributed by atoms with Gasteiger partial charge in [0.1, 0.15) is 0 Å². The Balaban J connectivity index is 1.82. The summed E-state index contributed by atoms with van der Waals surface area (Å²) in [5.74, 6) is 2.40. The highest BCUT2D eigenvalue weighted by molar-refractivity contribution is 5.34. The van der Waals surface area contributed by atoms with Gasteiger partial charge in [0.2, 0.25) is 11.9 Å². The van der Waals surface area contributed by atoms with Crippen LogP contribution < -0.4 is 10.2 Å². The van der Waals surface area contributed by atoms with Crippen LogP contribution in [0.25, 0.3) is 0 Å². The number of aromatic nitrogens is 3. The SMILES string of the molecule is CN(C)c1nnc(NCC2CCCC2)[nH]1. The van der Waals surface area contributed by atoms with Crippen LogP contribution in [0.1, 0.15) is 25.7 Å².